The smallest absolute Gasteiger partial charge is 0.00985 e. The lowest BCUT2D eigenvalue weighted by Crippen LogP contribution is -2.30. The summed E-state index contributed by atoms with van der Waals surface area (Å²) in [5, 5.41) is 3.72. The van der Waals surface area contributed by atoms with Crippen LogP contribution in [0.4, 0.5) is 0 Å². The number of fused-ring (bicyclic) bond motifs is 1. The molecule has 0 radical (unpaired) electrons. The van der Waals surface area contributed by atoms with E-state index in [1.807, 2.05) is 0 Å². The second-order valence-corrected chi connectivity index (χ2v) is 5.39. The molecule has 3 unspecified atom stereocenters. The molecule has 2 aliphatic rings. The predicted molar refractivity (Wildman–Crippen MR) is 64.9 cm³/mol. The summed E-state index contributed by atoms with van der Waals surface area (Å²) in [6, 6.07) is 0.879. The Balaban J connectivity index is 1.76. The predicted octanol–water partition coefficient (Wildman–Crippen LogP) is 2.86. The van der Waals surface area contributed by atoms with Gasteiger partial charge in [0, 0.05) is 6.04 Å². The molecule has 82 valence electrons. The average molecular weight is 213 g/mol. The monoisotopic (exact) mass is 213 g/mol. The van der Waals surface area contributed by atoms with Crippen molar-refractivity contribution in [2.45, 2.75) is 51.0 Å². The van der Waals surface area contributed by atoms with E-state index in [9.17, 15) is 0 Å². The van der Waals surface area contributed by atoms with Gasteiger partial charge in [-0.3, -0.25) is 0 Å². The van der Waals surface area contributed by atoms with E-state index in [0.29, 0.717) is 0 Å². The summed E-state index contributed by atoms with van der Waals surface area (Å²) < 4.78 is 0. The van der Waals surface area contributed by atoms with Crippen LogP contribution in [0.2, 0.25) is 0 Å². The Morgan fingerprint density at radius 2 is 2.00 bits per heavy atom. The molecule has 0 amide bonds. The first-order valence-corrected chi connectivity index (χ1v) is 6.89. The lowest BCUT2D eigenvalue weighted by molar-refractivity contribution is 0.263. The molecule has 2 rings (SSSR count). The lowest BCUT2D eigenvalue weighted by Gasteiger charge is -2.28. The zero-order valence-electron chi connectivity index (χ0n) is 9.04. The summed E-state index contributed by atoms with van der Waals surface area (Å²) in [5.41, 5.74) is 0. The summed E-state index contributed by atoms with van der Waals surface area (Å²) in [6.07, 6.45) is 9.99. The maximum atomic E-state index is 4.27. The Kier molecular flexibility index (Phi) is 4.18. The quantitative estimate of drug-likeness (QED) is 0.540. The molecule has 1 aliphatic heterocycles. The van der Waals surface area contributed by atoms with Crippen molar-refractivity contribution in [1.82, 2.24) is 5.32 Å². The van der Waals surface area contributed by atoms with Gasteiger partial charge in [-0.1, -0.05) is 19.3 Å². The second kappa shape index (κ2) is 5.41. The molecule has 0 spiro atoms. The van der Waals surface area contributed by atoms with Gasteiger partial charge >= 0.3 is 0 Å². The molecule has 1 heterocycles. The van der Waals surface area contributed by atoms with E-state index in [-0.39, 0.29) is 0 Å². The van der Waals surface area contributed by atoms with E-state index >= 15 is 0 Å². The molecular weight excluding hydrogens is 190 g/mol. The molecule has 1 saturated carbocycles. The number of thiol groups is 1. The number of nitrogens with one attached hydrogen (secondary N) is 1. The van der Waals surface area contributed by atoms with Crippen molar-refractivity contribution < 1.29 is 0 Å². The number of rotatable bonds is 4. The van der Waals surface area contributed by atoms with Gasteiger partial charge in [0.05, 0.1) is 0 Å². The molecular formula is C12H23NS. The highest BCUT2D eigenvalue weighted by atomic mass is 32.1. The summed E-state index contributed by atoms with van der Waals surface area (Å²) in [4.78, 5) is 0. The molecule has 3 atom stereocenters. The van der Waals surface area contributed by atoms with Crippen molar-refractivity contribution >= 4 is 12.6 Å². The molecule has 1 N–H and O–H groups in total. The number of unbranched alkanes of at least 4 members (excludes halogenated alkanes) is 1. The minimum Gasteiger partial charge on any atom is -0.313 e. The van der Waals surface area contributed by atoms with Crippen LogP contribution in [-0.2, 0) is 0 Å². The van der Waals surface area contributed by atoms with Crippen LogP contribution in [0, 0.1) is 11.8 Å². The third kappa shape index (κ3) is 2.46. The van der Waals surface area contributed by atoms with Crippen LogP contribution in [0.15, 0.2) is 0 Å². The largest absolute Gasteiger partial charge is 0.313 e. The lowest BCUT2D eigenvalue weighted by atomic mass is 9.78. The molecule has 2 fully saturated rings. The minimum atomic E-state index is 0.879. The normalized spacial score (nSPS) is 37.1. The van der Waals surface area contributed by atoms with Crippen molar-refractivity contribution in [2.24, 2.45) is 11.8 Å². The molecule has 0 aromatic heterocycles. The van der Waals surface area contributed by atoms with E-state index in [2.05, 4.69) is 17.9 Å². The third-order valence-corrected chi connectivity index (χ3v) is 4.37. The minimum absolute atomic E-state index is 0.879. The molecule has 1 nitrogen and oxygen atoms in total. The van der Waals surface area contributed by atoms with Crippen LogP contribution < -0.4 is 5.32 Å². The van der Waals surface area contributed by atoms with E-state index in [4.69, 9.17) is 0 Å². The van der Waals surface area contributed by atoms with Gasteiger partial charge in [0.2, 0.25) is 0 Å². The first-order valence-electron chi connectivity index (χ1n) is 6.26. The standard InChI is InChI=1S/C12H23NS/c14-8-4-3-5-10-9-13-12-7-2-1-6-11(10)12/h10-14H,1-9H2. The van der Waals surface area contributed by atoms with Gasteiger partial charge in [0.1, 0.15) is 0 Å². The van der Waals surface area contributed by atoms with Gasteiger partial charge in [0.25, 0.3) is 0 Å². The zero-order chi connectivity index (χ0) is 9.80. The molecule has 1 aliphatic carbocycles. The topological polar surface area (TPSA) is 12.0 Å². The van der Waals surface area contributed by atoms with Gasteiger partial charge in [-0.2, -0.15) is 12.6 Å². The molecule has 14 heavy (non-hydrogen) atoms. The highest BCUT2D eigenvalue weighted by Crippen LogP contribution is 2.36. The molecule has 2 heteroatoms. The fraction of sp³-hybridized carbons (Fsp3) is 1.00. The van der Waals surface area contributed by atoms with Crippen LogP contribution in [-0.4, -0.2) is 18.3 Å². The van der Waals surface area contributed by atoms with Crippen molar-refractivity contribution in [3.8, 4) is 0 Å². The summed E-state index contributed by atoms with van der Waals surface area (Å²) >= 11 is 4.27. The van der Waals surface area contributed by atoms with Gasteiger partial charge in [-0.05, 0) is 49.8 Å². The van der Waals surface area contributed by atoms with Crippen LogP contribution in [0.3, 0.4) is 0 Å². The molecule has 0 aromatic rings. The van der Waals surface area contributed by atoms with Gasteiger partial charge in [0.15, 0.2) is 0 Å². The highest BCUT2D eigenvalue weighted by molar-refractivity contribution is 7.80. The Morgan fingerprint density at radius 3 is 2.86 bits per heavy atom. The van der Waals surface area contributed by atoms with Crippen LogP contribution in [0.5, 0.6) is 0 Å². The molecule has 1 saturated heterocycles. The number of hydrogen-bond acceptors (Lipinski definition) is 2. The van der Waals surface area contributed by atoms with Gasteiger partial charge < -0.3 is 5.32 Å². The van der Waals surface area contributed by atoms with Crippen molar-refractivity contribution in [3.05, 3.63) is 0 Å². The molecule has 0 aromatic carbocycles. The Morgan fingerprint density at radius 1 is 1.14 bits per heavy atom. The Hall–Kier alpha value is 0.310. The van der Waals surface area contributed by atoms with Crippen molar-refractivity contribution in [3.63, 3.8) is 0 Å². The van der Waals surface area contributed by atoms with Crippen LogP contribution in [0.1, 0.15) is 44.9 Å². The van der Waals surface area contributed by atoms with E-state index in [1.165, 1.54) is 51.5 Å². The van der Waals surface area contributed by atoms with E-state index in [0.717, 1.165) is 23.6 Å². The summed E-state index contributed by atoms with van der Waals surface area (Å²) in [5.74, 6) is 3.07. The fourth-order valence-electron chi connectivity index (χ4n) is 3.27. The Labute approximate surface area is 93.4 Å². The summed E-state index contributed by atoms with van der Waals surface area (Å²) in [7, 11) is 0. The highest BCUT2D eigenvalue weighted by Gasteiger charge is 2.36. The maximum Gasteiger partial charge on any atom is 0.00985 e. The molecule has 0 bridgehead atoms. The first-order chi connectivity index (χ1) is 6.92. The van der Waals surface area contributed by atoms with E-state index < -0.39 is 0 Å². The van der Waals surface area contributed by atoms with Crippen molar-refractivity contribution in [1.29, 1.82) is 0 Å². The second-order valence-electron chi connectivity index (χ2n) is 4.94. The fourth-order valence-corrected chi connectivity index (χ4v) is 3.49. The third-order valence-electron chi connectivity index (χ3n) is 4.05. The SMILES string of the molecule is SCCCCC1CNC2CCCCC12. The Bertz CT molecular complexity index is 172. The van der Waals surface area contributed by atoms with Crippen LogP contribution in [0.25, 0.3) is 0 Å². The first kappa shape index (κ1) is 10.8. The van der Waals surface area contributed by atoms with Crippen LogP contribution >= 0.6 is 12.6 Å². The van der Waals surface area contributed by atoms with E-state index in [1.54, 1.807) is 0 Å². The summed E-state index contributed by atoms with van der Waals surface area (Å²) in [6.45, 7) is 1.29. The van der Waals surface area contributed by atoms with Gasteiger partial charge in [-0.25, -0.2) is 0 Å². The van der Waals surface area contributed by atoms with Crippen molar-refractivity contribution in [2.75, 3.05) is 12.3 Å². The van der Waals surface area contributed by atoms with Gasteiger partial charge in [-0.15, -0.1) is 0 Å². The maximum absolute atomic E-state index is 4.27. The zero-order valence-corrected chi connectivity index (χ0v) is 9.94. The average Bonchev–Trinajstić information content (AvgIpc) is 2.63. The number of hydrogen-bond donors (Lipinski definition) is 2.